The van der Waals surface area contributed by atoms with E-state index in [0.29, 0.717) is 12.0 Å². The van der Waals surface area contributed by atoms with E-state index in [1.54, 1.807) is 11.3 Å². The Morgan fingerprint density at radius 1 is 1.37 bits per heavy atom. The van der Waals surface area contributed by atoms with E-state index in [9.17, 15) is 0 Å². The quantitative estimate of drug-likeness (QED) is 0.757. The van der Waals surface area contributed by atoms with Crippen LogP contribution in [0.5, 0.6) is 0 Å². The van der Waals surface area contributed by atoms with Crippen molar-refractivity contribution < 1.29 is 4.74 Å². The van der Waals surface area contributed by atoms with Gasteiger partial charge in [0.1, 0.15) is 0 Å². The molecule has 1 aromatic rings. The minimum Gasteiger partial charge on any atom is -0.377 e. The first-order chi connectivity index (χ1) is 8.99. The van der Waals surface area contributed by atoms with Crippen molar-refractivity contribution in [2.75, 3.05) is 31.6 Å². The molecule has 0 aromatic carbocycles. The molecule has 19 heavy (non-hydrogen) atoms. The number of aromatic nitrogens is 1. The second kappa shape index (κ2) is 8.51. The smallest absolute Gasteiger partial charge is 0.185 e. The first kappa shape index (κ1) is 16.4. The Labute approximate surface area is 121 Å². The van der Waals surface area contributed by atoms with Gasteiger partial charge in [-0.3, -0.25) is 0 Å². The number of ether oxygens (including phenoxy) is 1. The summed E-state index contributed by atoms with van der Waals surface area (Å²) in [4.78, 5) is 7.90. The van der Waals surface area contributed by atoms with Crippen molar-refractivity contribution in [1.82, 2.24) is 10.3 Å². The molecule has 0 amide bonds. The molecule has 0 aliphatic carbocycles. The number of thiazole rings is 1. The highest BCUT2D eigenvalue weighted by atomic mass is 32.1. The number of hydrogen-bond donors (Lipinski definition) is 1. The lowest BCUT2D eigenvalue weighted by Crippen LogP contribution is -2.23. The highest BCUT2D eigenvalue weighted by molar-refractivity contribution is 7.15. The topological polar surface area (TPSA) is 37.4 Å². The molecule has 1 rings (SSSR count). The molecular weight excluding hydrogens is 258 g/mol. The van der Waals surface area contributed by atoms with Crippen molar-refractivity contribution in [3.8, 4) is 0 Å². The van der Waals surface area contributed by atoms with Crippen LogP contribution in [0.4, 0.5) is 5.13 Å². The first-order valence-corrected chi connectivity index (χ1v) is 7.78. The fourth-order valence-corrected chi connectivity index (χ4v) is 2.43. The lowest BCUT2D eigenvalue weighted by molar-refractivity contribution is 0.0846. The summed E-state index contributed by atoms with van der Waals surface area (Å²) in [6, 6.07) is 0. The average molecular weight is 285 g/mol. The molecule has 0 aliphatic heterocycles. The van der Waals surface area contributed by atoms with Gasteiger partial charge < -0.3 is 15.0 Å². The monoisotopic (exact) mass is 285 g/mol. The van der Waals surface area contributed by atoms with Crippen LogP contribution < -0.4 is 10.2 Å². The number of anilines is 1. The van der Waals surface area contributed by atoms with Crippen LogP contribution in [0.2, 0.25) is 0 Å². The maximum absolute atomic E-state index is 5.55. The van der Waals surface area contributed by atoms with Crippen LogP contribution in [-0.2, 0) is 11.3 Å². The van der Waals surface area contributed by atoms with Crippen molar-refractivity contribution in [3.05, 3.63) is 11.1 Å². The molecule has 1 N–H and O–H groups in total. The number of nitrogens with zero attached hydrogens (tertiary/aromatic N) is 2. The van der Waals surface area contributed by atoms with Crippen LogP contribution in [0.1, 0.15) is 32.6 Å². The maximum atomic E-state index is 5.55. The van der Waals surface area contributed by atoms with Crippen LogP contribution in [-0.4, -0.2) is 37.8 Å². The lowest BCUT2D eigenvalue weighted by atomic mass is 10.2. The fourth-order valence-electron chi connectivity index (χ4n) is 1.56. The Balaban J connectivity index is 2.32. The zero-order valence-corrected chi connectivity index (χ0v) is 13.6. The zero-order valence-electron chi connectivity index (χ0n) is 12.8. The molecule has 0 bridgehead atoms. The number of rotatable bonds is 9. The van der Waals surface area contributed by atoms with Crippen LogP contribution >= 0.6 is 11.3 Å². The van der Waals surface area contributed by atoms with Crippen molar-refractivity contribution in [2.45, 2.75) is 40.3 Å². The molecule has 0 saturated heterocycles. The summed E-state index contributed by atoms with van der Waals surface area (Å²) in [6.07, 6.45) is 2.26. The summed E-state index contributed by atoms with van der Waals surface area (Å²) < 4.78 is 5.55. The lowest BCUT2D eigenvalue weighted by Gasteiger charge is -2.16. The summed E-state index contributed by atoms with van der Waals surface area (Å²) in [6.45, 7) is 12.1. The molecule has 1 aromatic heterocycles. The second-order valence-electron chi connectivity index (χ2n) is 5.47. The minimum atomic E-state index is 0.292. The molecule has 0 spiro atoms. The van der Waals surface area contributed by atoms with Crippen LogP contribution in [0, 0.1) is 5.92 Å². The van der Waals surface area contributed by atoms with Crippen molar-refractivity contribution in [2.24, 2.45) is 5.92 Å². The molecular formula is C14H27N3OS. The number of nitrogens with one attached hydrogen (secondary N) is 1. The second-order valence-corrected chi connectivity index (χ2v) is 6.57. The van der Waals surface area contributed by atoms with E-state index < -0.39 is 0 Å². The molecule has 0 saturated carbocycles. The molecule has 5 heteroatoms. The summed E-state index contributed by atoms with van der Waals surface area (Å²) >= 11 is 1.75. The van der Waals surface area contributed by atoms with Gasteiger partial charge in [0.2, 0.25) is 0 Å². The van der Waals surface area contributed by atoms with Crippen molar-refractivity contribution in [1.29, 1.82) is 0 Å². The standard InChI is InChI=1S/C14H27N3OS/c1-11(2)8-15-9-13-10-16-14(19-13)17(5)6-7-18-12(3)4/h10-12,15H,6-9H2,1-5H3. The highest BCUT2D eigenvalue weighted by Gasteiger charge is 2.07. The fraction of sp³-hybridized carbons (Fsp3) is 0.786. The number of likely N-dealkylation sites (N-methyl/N-ethyl adjacent to an activating group) is 1. The van der Waals surface area contributed by atoms with Gasteiger partial charge in [-0.25, -0.2) is 4.98 Å². The average Bonchev–Trinajstić information content (AvgIpc) is 2.76. The summed E-state index contributed by atoms with van der Waals surface area (Å²) in [5.41, 5.74) is 0. The Morgan fingerprint density at radius 2 is 2.11 bits per heavy atom. The minimum absolute atomic E-state index is 0.292. The Bertz CT molecular complexity index is 352. The van der Waals surface area contributed by atoms with Crippen molar-refractivity contribution in [3.63, 3.8) is 0 Å². The van der Waals surface area contributed by atoms with E-state index in [1.165, 1.54) is 4.88 Å². The predicted octanol–water partition coefficient (Wildman–Crippen LogP) is 2.75. The van der Waals surface area contributed by atoms with Crippen LogP contribution in [0.3, 0.4) is 0 Å². The molecule has 1 heterocycles. The Kier molecular flexibility index (Phi) is 7.34. The van der Waals surface area contributed by atoms with E-state index in [4.69, 9.17) is 4.74 Å². The van der Waals surface area contributed by atoms with Gasteiger partial charge in [-0.1, -0.05) is 13.8 Å². The predicted molar refractivity (Wildman–Crippen MR) is 83.0 cm³/mol. The van der Waals surface area contributed by atoms with Gasteiger partial charge in [-0.15, -0.1) is 11.3 Å². The summed E-state index contributed by atoms with van der Waals surface area (Å²) in [5.74, 6) is 0.684. The zero-order chi connectivity index (χ0) is 14.3. The van der Waals surface area contributed by atoms with E-state index in [0.717, 1.165) is 31.4 Å². The largest absolute Gasteiger partial charge is 0.377 e. The molecule has 0 unspecified atom stereocenters. The van der Waals surface area contributed by atoms with Crippen molar-refractivity contribution >= 4 is 16.5 Å². The summed E-state index contributed by atoms with van der Waals surface area (Å²) in [5, 5.41) is 4.50. The van der Waals surface area contributed by atoms with E-state index in [1.807, 2.05) is 6.20 Å². The molecule has 0 fully saturated rings. The number of hydrogen-bond acceptors (Lipinski definition) is 5. The van der Waals surface area contributed by atoms with Gasteiger partial charge in [-0.05, 0) is 26.3 Å². The van der Waals surface area contributed by atoms with Gasteiger partial charge >= 0.3 is 0 Å². The Hall–Kier alpha value is -0.650. The van der Waals surface area contributed by atoms with Gasteiger partial charge in [0.25, 0.3) is 0 Å². The Morgan fingerprint density at radius 3 is 2.74 bits per heavy atom. The van der Waals surface area contributed by atoms with E-state index >= 15 is 0 Å². The van der Waals surface area contributed by atoms with Gasteiger partial charge in [-0.2, -0.15) is 0 Å². The molecule has 110 valence electrons. The van der Waals surface area contributed by atoms with Gasteiger partial charge in [0, 0.05) is 31.2 Å². The summed E-state index contributed by atoms with van der Waals surface area (Å²) in [7, 11) is 2.06. The van der Waals surface area contributed by atoms with Gasteiger partial charge in [0.05, 0.1) is 12.7 Å². The first-order valence-electron chi connectivity index (χ1n) is 6.97. The molecule has 0 aliphatic rings. The van der Waals surface area contributed by atoms with E-state index in [-0.39, 0.29) is 0 Å². The third-order valence-electron chi connectivity index (χ3n) is 2.60. The normalized spacial score (nSPS) is 11.5. The molecule has 0 atom stereocenters. The highest BCUT2D eigenvalue weighted by Crippen LogP contribution is 2.21. The maximum Gasteiger partial charge on any atom is 0.185 e. The SMILES string of the molecule is CC(C)CNCc1cnc(N(C)CCOC(C)C)s1. The van der Waals surface area contributed by atoms with E-state index in [2.05, 4.69) is 49.9 Å². The van der Waals surface area contributed by atoms with Crippen LogP contribution in [0.25, 0.3) is 0 Å². The molecule has 0 radical (unpaired) electrons. The van der Waals surface area contributed by atoms with Crippen LogP contribution in [0.15, 0.2) is 6.20 Å². The van der Waals surface area contributed by atoms with Gasteiger partial charge in [0.15, 0.2) is 5.13 Å². The third kappa shape index (κ3) is 6.89. The molecule has 4 nitrogen and oxygen atoms in total. The third-order valence-corrected chi connectivity index (χ3v) is 3.71.